The van der Waals surface area contributed by atoms with Crippen LogP contribution in [-0.4, -0.2) is 79.2 Å². The zero-order valence-corrected chi connectivity index (χ0v) is 5.79. The molecule has 0 aliphatic carbocycles. The minimum atomic E-state index is -5.85. The molecule has 14 heavy (non-hydrogen) atoms. The van der Waals surface area contributed by atoms with Crippen LogP contribution >= 0.6 is 0 Å². The Morgan fingerprint density at radius 1 is 1.00 bits per heavy atom. The Labute approximate surface area is 114 Å². The molecule has 0 N–H and O–H groups in total. The number of Topliss-reactive ketones (excluding diaryl/α,β-unsaturated/α-hetero) is 2. The van der Waals surface area contributed by atoms with E-state index in [9.17, 15) is 35.9 Å². The van der Waals surface area contributed by atoms with E-state index in [1.165, 1.54) is 0 Å². The zero-order chi connectivity index (χ0) is 10.9. The van der Waals surface area contributed by atoms with Gasteiger partial charge in [-0.1, -0.05) is 0 Å². The van der Waals surface area contributed by atoms with Crippen molar-refractivity contribution < 1.29 is 35.9 Å². The van der Waals surface area contributed by atoms with E-state index in [2.05, 4.69) is 0 Å². The van der Waals surface area contributed by atoms with Crippen LogP contribution in [-0.2, 0) is 9.59 Å². The molecule has 0 fully saturated rings. The van der Waals surface area contributed by atoms with E-state index in [0.717, 1.165) is 0 Å². The number of alkyl halides is 6. The van der Waals surface area contributed by atoms with E-state index in [0.29, 0.717) is 0 Å². The van der Waals surface area contributed by atoms with E-state index in [1.807, 2.05) is 0 Å². The van der Waals surface area contributed by atoms with Crippen molar-refractivity contribution in [3.8, 4) is 0 Å². The second kappa shape index (κ2) is 5.54. The minimum absolute atomic E-state index is 0. The Hall–Kier alpha value is 0.491. The quantitative estimate of drug-likeness (QED) is 0.420. The van der Waals surface area contributed by atoms with Crippen molar-refractivity contribution in [1.82, 2.24) is 0 Å². The molecule has 0 aliphatic rings. The number of hydrogen-bond acceptors (Lipinski definition) is 2. The SMILES string of the molecule is O=C(CF)C(F)(F)C(=O)C(F)(F)F.[BaH2]. The molecule has 0 aromatic rings. The molecule has 0 aromatic carbocycles. The summed E-state index contributed by atoms with van der Waals surface area (Å²) in [5.74, 6) is -11.6. The van der Waals surface area contributed by atoms with Crippen LogP contribution in [0.1, 0.15) is 0 Å². The second-order valence-corrected chi connectivity index (χ2v) is 1.96. The van der Waals surface area contributed by atoms with Gasteiger partial charge in [-0.2, -0.15) is 22.0 Å². The topological polar surface area (TPSA) is 34.1 Å². The number of ketones is 2. The number of rotatable bonds is 3. The van der Waals surface area contributed by atoms with Crippen LogP contribution in [0, 0.1) is 0 Å². The van der Waals surface area contributed by atoms with E-state index in [-0.39, 0.29) is 48.9 Å². The molecule has 9 heteroatoms. The molecule has 0 radical (unpaired) electrons. The van der Waals surface area contributed by atoms with Crippen LogP contribution in [0.4, 0.5) is 26.3 Å². The van der Waals surface area contributed by atoms with Crippen LogP contribution in [0.3, 0.4) is 0 Å². The molecule has 0 heterocycles. The summed E-state index contributed by atoms with van der Waals surface area (Å²) in [6.45, 7) is -2.32. The van der Waals surface area contributed by atoms with Crippen molar-refractivity contribution in [2.24, 2.45) is 0 Å². The maximum absolute atomic E-state index is 12.0. The summed E-state index contributed by atoms with van der Waals surface area (Å²) in [5, 5.41) is 0. The fourth-order valence-electron chi connectivity index (χ4n) is 0.389. The van der Waals surface area contributed by atoms with Crippen LogP contribution in [0.2, 0.25) is 0 Å². The van der Waals surface area contributed by atoms with Crippen molar-refractivity contribution in [2.75, 3.05) is 6.67 Å². The Kier molecular flexibility index (Phi) is 6.69. The first-order chi connectivity index (χ1) is 5.64. The van der Waals surface area contributed by atoms with Gasteiger partial charge < -0.3 is 0 Å². The summed E-state index contributed by atoms with van der Waals surface area (Å²) in [6, 6.07) is 0. The molecule has 0 saturated carbocycles. The molecule has 0 saturated heterocycles. The fourth-order valence-corrected chi connectivity index (χ4v) is 0.389. The van der Waals surface area contributed by atoms with Gasteiger partial charge in [-0.3, -0.25) is 9.59 Å². The zero-order valence-electron chi connectivity index (χ0n) is 5.79. The number of halogens is 6. The van der Waals surface area contributed by atoms with Crippen molar-refractivity contribution in [1.29, 1.82) is 0 Å². The van der Waals surface area contributed by atoms with Crippen molar-refractivity contribution in [2.45, 2.75) is 12.1 Å². The second-order valence-electron chi connectivity index (χ2n) is 1.96. The van der Waals surface area contributed by atoms with Crippen LogP contribution in [0.15, 0.2) is 0 Å². The number of carbonyl (C=O) groups is 2. The van der Waals surface area contributed by atoms with Gasteiger partial charge >= 0.3 is 66.8 Å². The first-order valence-electron chi connectivity index (χ1n) is 2.72. The summed E-state index contributed by atoms with van der Waals surface area (Å²) in [5.41, 5.74) is 0. The van der Waals surface area contributed by atoms with Crippen molar-refractivity contribution in [3.05, 3.63) is 0 Å². The molecule has 0 spiro atoms. The van der Waals surface area contributed by atoms with E-state index < -0.39 is 30.3 Å². The molecular formula is C5H4BaF6O2. The average Bonchev–Trinajstić information content (AvgIpc) is 1.99. The average molecular weight is 347 g/mol. The summed E-state index contributed by atoms with van der Waals surface area (Å²) in [6.07, 6.45) is -5.85. The van der Waals surface area contributed by atoms with Gasteiger partial charge in [0, 0.05) is 0 Å². The van der Waals surface area contributed by atoms with E-state index >= 15 is 0 Å². The monoisotopic (exact) mass is 348 g/mol. The van der Waals surface area contributed by atoms with E-state index in [4.69, 9.17) is 0 Å². The van der Waals surface area contributed by atoms with Crippen LogP contribution < -0.4 is 0 Å². The first kappa shape index (κ1) is 16.9. The summed E-state index contributed by atoms with van der Waals surface area (Å²) >= 11 is 0. The summed E-state index contributed by atoms with van der Waals surface area (Å²) in [4.78, 5) is 19.7. The Balaban J connectivity index is 0. The van der Waals surface area contributed by atoms with Crippen molar-refractivity contribution >= 4 is 60.4 Å². The third-order valence-corrected chi connectivity index (χ3v) is 1.01. The molecule has 0 rings (SSSR count). The van der Waals surface area contributed by atoms with Gasteiger partial charge in [0.05, 0.1) is 0 Å². The Bertz CT molecular complexity index is 235. The molecule has 0 unspecified atom stereocenters. The van der Waals surface area contributed by atoms with Gasteiger partial charge in [0.25, 0.3) is 0 Å². The predicted octanol–water partition coefficient (Wildman–Crippen LogP) is 0.376. The third kappa shape index (κ3) is 3.93. The Morgan fingerprint density at radius 2 is 1.36 bits per heavy atom. The molecule has 0 amide bonds. The molecule has 0 atom stereocenters. The predicted molar refractivity (Wildman–Crippen MR) is 35.5 cm³/mol. The standard InChI is InChI=1S/C5H2F6O2.Ba.2H/c6-1-2(12)4(7,8)3(13)5(9,10)11;;;/h1H2;;;. The van der Waals surface area contributed by atoms with Gasteiger partial charge in [0.1, 0.15) is 0 Å². The normalized spacial score (nSPS) is 11.9. The van der Waals surface area contributed by atoms with Crippen LogP contribution in [0.25, 0.3) is 0 Å². The van der Waals surface area contributed by atoms with Gasteiger partial charge in [0.2, 0.25) is 5.78 Å². The molecule has 0 aromatic heterocycles. The van der Waals surface area contributed by atoms with E-state index in [1.54, 1.807) is 0 Å². The summed E-state index contributed by atoms with van der Waals surface area (Å²) in [7, 11) is 0. The number of hydrogen-bond donors (Lipinski definition) is 0. The number of carbonyl (C=O) groups excluding carboxylic acids is 2. The van der Waals surface area contributed by atoms with Gasteiger partial charge in [-0.05, 0) is 0 Å². The van der Waals surface area contributed by atoms with Crippen molar-refractivity contribution in [3.63, 3.8) is 0 Å². The molecule has 0 aliphatic heterocycles. The van der Waals surface area contributed by atoms with Crippen LogP contribution in [0.5, 0.6) is 0 Å². The Morgan fingerprint density at radius 3 is 1.57 bits per heavy atom. The summed E-state index contributed by atoms with van der Waals surface area (Å²) < 4.78 is 69.4. The molecular weight excluding hydrogens is 343 g/mol. The fraction of sp³-hybridized carbons (Fsp3) is 0.600. The van der Waals surface area contributed by atoms with Gasteiger partial charge in [-0.25, -0.2) is 4.39 Å². The van der Waals surface area contributed by atoms with Gasteiger partial charge in [-0.15, -0.1) is 0 Å². The van der Waals surface area contributed by atoms with Gasteiger partial charge in [0.15, 0.2) is 6.67 Å². The molecule has 80 valence electrons. The molecule has 2 nitrogen and oxygen atoms in total. The maximum atomic E-state index is 12.0. The first-order valence-corrected chi connectivity index (χ1v) is 2.72. The third-order valence-electron chi connectivity index (χ3n) is 1.01. The molecule has 0 bridgehead atoms.